The average Bonchev–Trinajstić information content (AvgIpc) is 2.89. The smallest absolute Gasteiger partial charge is 0.367 e. The van der Waals surface area contributed by atoms with Gasteiger partial charge in [0.1, 0.15) is 6.61 Å². The van der Waals surface area contributed by atoms with Gasteiger partial charge in [-0.15, -0.1) is 11.3 Å². The van der Waals surface area contributed by atoms with E-state index in [1.54, 1.807) is 19.5 Å². The minimum Gasteiger partial charge on any atom is -0.458 e. The van der Waals surface area contributed by atoms with E-state index in [1.807, 2.05) is 18.2 Å². The van der Waals surface area contributed by atoms with Gasteiger partial charge in [-0.25, -0.2) is 9.78 Å². The molecule has 0 spiro atoms. The number of nitrogens with zero attached hydrogens (tertiary/aromatic N) is 2. The number of ether oxygens (including phenoxy) is 2. The van der Waals surface area contributed by atoms with Crippen LogP contribution in [0.1, 0.15) is 20.4 Å². The van der Waals surface area contributed by atoms with Gasteiger partial charge in [0.25, 0.3) is 0 Å². The molecule has 2 aromatic heterocycles. The topological polar surface area (TPSA) is 61.3 Å². The molecule has 0 aliphatic carbocycles. The van der Waals surface area contributed by atoms with Crippen LogP contribution in [0.5, 0.6) is 0 Å². The summed E-state index contributed by atoms with van der Waals surface area (Å²) >= 11 is 1.33. The Morgan fingerprint density at radius 3 is 2.95 bits per heavy atom. The quantitative estimate of drug-likeness (QED) is 0.597. The predicted molar refractivity (Wildman–Crippen MR) is 71.3 cm³/mol. The van der Waals surface area contributed by atoms with Gasteiger partial charge in [0.2, 0.25) is 5.01 Å². The van der Waals surface area contributed by atoms with Gasteiger partial charge in [0.15, 0.2) is 0 Å². The fourth-order valence-corrected chi connectivity index (χ4v) is 2.27. The summed E-state index contributed by atoms with van der Waals surface area (Å²) in [4.78, 5) is 20.9. The van der Waals surface area contributed by atoms with Crippen molar-refractivity contribution in [2.45, 2.75) is 6.42 Å². The first kappa shape index (κ1) is 13.6. The average molecular weight is 278 g/mol. The number of rotatable bonds is 6. The second-order valence-electron chi connectivity index (χ2n) is 3.76. The van der Waals surface area contributed by atoms with Gasteiger partial charge in [0.05, 0.1) is 6.61 Å². The van der Waals surface area contributed by atoms with Crippen molar-refractivity contribution in [3.05, 3.63) is 46.2 Å². The number of aromatic nitrogens is 2. The van der Waals surface area contributed by atoms with Crippen molar-refractivity contribution < 1.29 is 14.3 Å². The van der Waals surface area contributed by atoms with Crippen LogP contribution in [0.2, 0.25) is 0 Å². The highest BCUT2D eigenvalue weighted by molar-refractivity contribution is 7.13. The van der Waals surface area contributed by atoms with Crippen LogP contribution in [0, 0.1) is 0 Å². The highest BCUT2D eigenvalue weighted by Crippen LogP contribution is 2.17. The maximum absolute atomic E-state index is 11.6. The van der Waals surface area contributed by atoms with Crippen LogP contribution in [-0.2, 0) is 15.9 Å². The van der Waals surface area contributed by atoms with Crippen molar-refractivity contribution in [2.24, 2.45) is 0 Å². The molecular formula is C13H14N2O3S. The highest BCUT2D eigenvalue weighted by Gasteiger charge is 2.12. The summed E-state index contributed by atoms with van der Waals surface area (Å²) in [6.45, 7) is 0.627. The van der Waals surface area contributed by atoms with E-state index >= 15 is 0 Å². The Labute approximate surface area is 115 Å². The number of esters is 1. The summed E-state index contributed by atoms with van der Waals surface area (Å²) < 4.78 is 9.81. The van der Waals surface area contributed by atoms with Crippen LogP contribution >= 0.6 is 11.3 Å². The first-order valence-electron chi connectivity index (χ1n) is 5.80. The normalized spacial score (nSPS) is 10.4. The monoisotopic (exact) mass is 278 g/mol. The minimum atomic E-state index is -0.408. The van der Waals surface area contributed by atoms with E-state index in [2.05, 4.69) is 9.97 Å². The number of hydrogen-bond donors (Lipinski definition) is 0. The van der Waals surface area contributed by atoms with Crippen LogP contribution in [0.25, 0.3) is 0 Å². The third-order valence-electron chi connectivity index (χ3n) is 2.33. The van der Waals surface area contributed by atoms with E-state index in [4.69, 9.17) is 9.47 Å². The molecule has 0 atom stereocenters. The fraction of sp³-hybridized carbons (Fsp3) is 0.308. The molecule has 0 radical (unpaired) electrons. The summed E-state index contributed by atoms with van der Waals surface area (Å²) in [5.74, 6) is -0.408. The molecule has 5 nitrogen and oxygen atoms in total. The van der Waals surface area contributed by atoms with Crippen LogP contribution in [-0.4, -0.2) is 36.3 Å². The first-order valence-corrected chi connectivity index (χ1v) is 6.62. The van der Waals surface area contributed by atoms with E-state index in [0.717, 1.165) is 10.6 Å². The van der Waals surface area contributed by atoms with Crippen molar-refractivity contribution in [3.63, 3.8) is 0 Å². The van der Waals surface area contributed by atoms with Gasteiger partial charge in [0, 0.05) is 36.5 Å². The standard InChI is InChI=1S/C13H14N2O3S/c1-17-6-7-18-13(16)12-15-9-11(19-12)8-10-4-2-3-5-14-10/h2-5,9H,6-8H2,1H3. The number of carbonyl (C=O) groups excluding carboxylic acids is 1. The molecule has 0 unspecified atom stereocenters. The molecule has 0 amide bonds. The van der Waals surface area contributed by atoms with Crippen molar-refractivity contribution in [1.82, 2.24) is 9.97 Å². The van der Waals surface area contributed by atoms with Gasteiger partial charge in [-0.05, 0) is 12.1 Å². The lowest BCUT2D eigenvalue weighted by atomic mass is 10.2. The Hall–Kier alpha value is -1.79. The number of pyridine rings is 1. The van der Waals surface area contributed by atoms with Crippen molar-refractivity contribution in [1.29, 1.82) is 0 Å². The Bertz CT molecular complexity index is 528. The number of hydrogen-bond acceptors (Lipinski definition) is 6. The van der Waals surface area contributed by atoms with E-state index in [0.29, 0.717) is 18.0 Å². The lowest BCUT2D eigenvalue weighted by Crippen LogP contribution is -2.09. The van der Waals surface area contributed by atoms with E-state index in [1.165, 1.54) is 11.3 Å². The van der Waals surface area contributed by atoms with Gasteiger partial charge in [-0.1, -0.05) is 6.07 Å². The fourth-order valence-electron chi connectivity index (χ4n) is 1.44. The lowest BCUT2D eigenvalue weighted by molar-refractivity contribution is 0.0388. The third kappa shape index (κ3) is 4.11. The Morgan fingerprint density at radius 1 is 1.32 bits per heavy atom. The van der Waals surface area contributed by atoms with Crippen molar-refractivity contribution in [2.75, 3.05) is 20.3 Å². The third-order valence-corrected chi connectivity index (χ3v) is 3.31. The van der Waals surface area contributed by atoms with Gasteiger partial charge in [-0.3, -0.25) is 4.98 Å². The predicted octanol–water partition coefficient (Wildman–Crippen LogP) is 1.93. The van der Waals surface area contributed by atoms with Gasteiger partial charge >= 0.3 is 5.97 Å². The summed E-state index contributed by atoms with van der Waals surface area (Å²) in [6, 6.07) is 5.74. The number of carbonyl (C=O) groups is 1. The van der Waals surface area contributed by atoms with Crippen LogP contribution in [0.3, 0.4) is 0 Å². The Kier molecular flexibility index (Phi) is 5.00. The van der Waals surface area contributed by atoms with Gasteiger partial charge < -0.3 is 9.47 Å². The molecule has 2 rings (SSSR count). The maximum Gasteiger partial charge on any atom is 0.367 e. The largest absolute Gasteiger partial charge is 0.458 e. The molecule has 0 fully saturated rings. The summed E-state index contributed by atoms with van der Waals surface area (Å²) in [5, 5.41) is 0.363. The second kappa shape index (κ2) is 6.96. The molecule has 0 aliphatic rings. The SMILES string of the molecule is COCCOC(=O)c1ncc(Cc2ccccn2)s1. The maximum atomic E-state index is 11.6. The molecule has 0 saturated carbocycles. The lowest BCUT2D eigenvalue weighted by Gasteiger charge is -2.00. The molecule has 19 heavy (non-hydrogen) atoms. The molecule has 0 N–H and O–H groups in total. The molecule has 2 aromatic rings. The first-order chi connectivity index (χ1) is 9.29. The number of methoxy groups -OCH3 is 1. The zero-order chi connectivity index (χ0) is 13.5. The van der Waals surface area contributed by atoms with Crippen molar-refractivity contribution in [3.8, 4) is 0 Å². The summed E-state index contributed by atoms with van der Waals surface area (Å²) in [6.07, 6.45) is 4.10. The van der Waals surface area contributed by atoms with E-state index in [9.17, 15) is 4.79 Å². The van der Waals surface area contributed by atoms with Crippen LogP contribution in [0.15, 0.2) is 30.6 Å². The van der Waals surface area contributed by atoms with Crippen LogP contribution in [0.4, 0.5) is 0 Å². The Morgan fingerprint density at radius 2 is 2.21 bits per heavy atom. The number of thiazole rings is 1. The summed E-state index contributed by atoms with van der Waals surface area (Å²) in [5.41, 5.74) is 0.949. The van der Waals surface area contributed by atoms with Crippen LogP contribution < -0.4 is 0 Å². The zero-order valence-corrected chi connectivity index (χ0v) is 11.4. The highest BCUT2D eigenvalue weighted by atomic mass is 32.1. The molecule has 0 aliphatic heterocycles. The summed E-state index contributed by atoms with van der Waals surface area (Å²) in [7, 11) is 1.56. The second-order valence-corrected chi connectivity index (χ2v) is 4.87. The minimum absolute atomic E-state index is 0.241. The van der Waals surface area contributed by atoms with Crippen molar-refractivity contribution >= 4 is 17.3 Å². The molecular weight excluding hydrogens is 264 g/mol. The Balaban J connectivity index is 1.93. The van der Waals surface area contributed by atoms with E-state index in [-0.39, 0.29) is 6.61 Å². The van der Waals surface area contributed by atoms with Gasteiger partial charge in [-0.2, -0.15) is 0 Å². The molecule has 2 heterocycles. The molecule has 0 aromatic carbocycles. The molecule has 6 heteroatoms. The van der Waals surface area contributed by atoms with E-state index < -0.39 is 5.97 Å². The zero-order valence-electron chi connectivity index (χ0n) is 10.5. The molecule has 100 valence electrons. The molecule has 0 bridgehead atoms. The molecule has 0 saturated heterocycles.